The summed E-state index contributed by atoms with van der Waals surface area (Å²) in [5.41, 5.74) is 7.16. The summed E-state index contributed by atoms with van der Waals surface area (Å²) in [4.78, 5) is 12.9. The third-order valence-corrected chi connectivity index (χ3v) is 11.3. The molecular formula is C39H51ClN2O3Ru-. The van der Waals surface area contributed by atoms with Gasteiger partial charge in [0, 0.05) is 11.2 Å². The predicted octanol–water partition coefficient (Wildman–Crippen LogP) is 11.1. The van der Waals surface area contributed by atoms with E-state index < -0.39 is 20.6 Å². The molecule has 5 nitrogen and oxygen atoms in total. The summed E-state index contributed by atoms with van der Waals surface area (Å²) in [6.45, 7) is 23.4. The molecule has 2 bridgehead atoms. The first-order valence-corrected chi connectivity index (χ1v) is 19.8. The number of fused-ring (bicyclic) bond motifs is 3. The number of ether oxygens (including phenoxy) is 1. The van der Waals surface area contributed by atoms with E-state index in [1.807, 2.05) is 13.8 Å². The first kappa shape index (κ1) is 36.3. The van der Waals surface area contributed by atoms with Crippen LogP contribution < -0.4 is 9.64 Å². The van der Waals surface area contributed by atoms with Crippen molar-refractivity contribution in [2.75, 3.05) is 4.90 Å². The fraction of sp³-hybridized carbons (Fsp3) is 0.487. The summed E-state index contributed by atoms with van der Waals surface area (Å²) >= 11 is -0.440. The Kier molecular flexibility index (Phi) is 11.9. The van der Waals surface area contributed by atoms with E-state index in [2.05, 4.69) is 108 Å². The van der Waals surface area contributed by atoms with E-state index in [1.165, 1.54) is 53.8 Å². The topological polar surface area (TPSA) is 55.6 Å². The Morgan fingerprint density at radius 1 is 0.978 bits per heavy atom. The van der Waals surface area contributed by atoms with Crippen LogP contribution >= 0.6 is 9.69 Å². The molecule has 3 aromatic carbocycles. The number of halogens is 1. The van der Waals surface area contributed by atoms with Crippen LogP contribution in [-0.4, -0.2) is 21.2 Å². The van der Waals surface area contributed by atoms with Gasteiger partial charge in [0.15, 0.2) is 0 Å². The second-order valence-electron chi connectivity index (χ2n) is 14.3. The Balaban J connectivity index is 0.000000254. The van der Waals surface area contributed by atoms with Gasteiger partial charge in [-0.2, -0.15) is 0 Å². The number of anilines is 1. The third kappa shape index (κ3) is 7.60. The molecule has 1 saturated carbocycles. The van der Waals surface area contributed by atoms with E-state index in [0.717, 1.165) is 0 Å². The zero-order valence-electron chi connectivity index (χ0n) is 28.9. The fourth-order valence-corrected chi connectivity index (χ4v) is 8.64. The molecule has 0 N–H and O–H groups in total. The minimum Gasteiger partial charge on any atom is -0.517 e. The minimum atomic E-state index is -0.440. The number of benzene rings is 3. The molecule has 1 unspecified atom stereocenters. The van der Waals surface area contributed by atoms with Gasteiger partial charge in [-0.3, -0.25) is 0 Å². The maximum Gasteiger partial charge on any atom is 0.0145 e. The molecule has 3 fully saturated rings. The normalized spacial score (nSPS) is 23.3. The predicted molar refractivity (Wildman–Crippen MR) is 190 cm³/mol. The number of nitro groups is 1. The summed E-state index contributed by atoms with van der Waals surface area (Å²) in [5.74, 6) is 2.90. The maximum absolute atomic E-state index is 10.6. The van der Waals surface area contributed by atoms with Crippen LogP contribution in [0.3, 0.4) is 0 Å². The Morgan fingerprint density at radius 2 is 1.61 bits per heavy atom. The van der Waals surface area contributed by atoms with Crippen LogP contribution in [0.4, 0.5) is 11.4 Å². The van der Waals surface area contributed by atoms with Gasteiger partial charge >= 0.3 is 105 Å². The number of para-hydroxylation sites is 1. The molecule has 1 aliphatic carbocycles. The van der Waals surface area contributed by atoms with Gasteiger partial charge in [0.05, 0.1) is 0 Å². The van der Waals surface area contributed by atoms with Crippen molar-refractivity contribution in [2.45, 2.75) is 111 Å². The van der Waals surface area contributed by atoms with Gasteiger partial charge in [-0.15, -0.1) is 5.41 Å². The zero-order valence-corrected chi connectivity index (χ0v) is 31.4. The second-order valence-corrected chi connectivity index (χ2v) is 16.1. The van der Waals surface area contributed by atoms with Gasteiger partial charge in [-0.1, -0.05) is 102 Å². The molecule has 2 saturated heterocycles. The van der Waals surface area contributed by atoms with Crippen molar-refractivity contribution in [3.63, 3.8) is 0 Å². The smallest absolute Gasteiger partial charge is 0.0145 e. The number of nitro benzene ring substituents is 1. The van der Waals surface area contributed by atoms with Crippen molar-refractivity contribution in [1.29, 1.82) is 0 Å². The summed E-state index contributed by atoms with van der Waals surface area (Å²) < 4.78 is 7.31. The Hall–Kier alpha value is -2.56. The number of rotatable bonds is 9. The molecule has 0 aromatic heterocycles. The van der Waals surface area contributed by atoms with Crippen LogP contribution in [0, 0.1) is 28.0 Å². The molecule has 4 atom stereocenters. The Bertz CT molecular complexity index is 1500. The molecule has 7 heteroatoms. The number of nitrogens with zero attached hydrogens (tertiary/aromatic N) is 2. The van der Waals surface area contributed by atoms with E-state index in [1.54, 1.807) is 10.7 Å². The average molecular weight is 732 g/mol. The van der Waals surface area contributed by atoms with Gasteiger partial charge < -0.3 is 4.90 Å². The second kappa shape index (κ2) is 15.1. The summed E-state index contributed by atoms with van der Waals surface area (Å²) in [6, 6.07) is 22.7. The van der Waals surface area contributed by atoms with Crippen molar-refractivity contribution < 1.29 is 25.3 Å². The standard InChI is InChI=1S/C29H40N.C10H11NO3.ClH.Ru/c1-20(2)25-14-11-15-26(21(3)4)27(25)30-19-29(17-16-28(30,7)18-22(29)5)23(6)24-12-9-8-10-13-24;1-7(2)14-10-5-4-9(11(12)13)6-8(10)3;;/h8-15,19-23H,16-18H2,1-7H3;3-7H,1-2H3;1H;/q-1;;;+1/p-1/t22-,23?,28-,29+;;;/m0.../s1. The quantitative estimate of drug-likeness (QED) is 0.0951. The van der Waals surface area contributed by atoms with Gasteiger partial charge in [0.2, 0.25) is 0 Å². The first-order valence-electron chi connectivity index (χ1n) is 16.6. The molecule has 6 rings (SSSR count). The molecule has 46 heavy (non-hydrogen) atoms. The first-order chi connectivity index (χ1) is 21.7. The van der Waals surface area contributed by atoms with Crippen molar-refractivity contribution in [2.24, 2.45) is 11.3 Å². The average Bonchev–Trinajstić information content (AvgIpc) is 3.01. The van der Waals surface area contributed by atoms with E-state index in [4.69, 9.17) is 14.4 Å². The SMILES string of the molecule is CC(C)Oc1ccc([N+](=O)[O-])cc1[CH]=[Ru][Cl].CC(C)c1cccc(C(C)C)c1N1[CH-][C@]2(C(C)c3ccccc3)CC[C@@]1(C)C[C@@H]2C. The van der Waals surface area contributed by atoms with E-state index in [0.29, 0.717) is 35.0 Å². The Labute approximate surface area is 288 Å². The van der Waals surface area contributed by atoms with Crippen molar-refractivity contribution in [3.8, 4) is 5.75 Å². The van der Waals surface area contributed by atoms with Crippen LogP contribution in [0.15, 0.2) is 66.7 Å². The van der Waals surface area contributed by atoms with Crippen LogP contribution in [0.1, 0.15) is 122 Å². The number of non-ortho nitro benzene ring substituents is 1. The van der Waals surface area contributed by atoms with Crippen LogP contribution in [0.2, 0.25) is 0 Å². The van der Waals surface area contributed by atoms with Crippen LogP contribution in [-0.2, 0) is 15.7 Å². The van der Waals surface area contributed by atoms with Gasteiger partial charge in [0.25, 0.3) is 0 Å². The number of hydrogen-bond donors (Lipinski definition) is 0. The molecule has 0 radical (unpaired) electrons. The maximum atomic E-state index is 10.6. The third-order valence-electron chi connectivity index (χ3n) is 10.1. The summed E-state index contributed by atoms with van der Waals surface area (Å²) in [6.07, 6.45) is 3.86. The summed E-state index contributed by atoms with van der Waals surface area (Å²) in [7, 11) is 5.69. The van der Waals surface area contributed by atoms with E-state index >= 15 is 0 Å². The van der Waals surface area contributed by atoms with Gasteiger partial charge in [-0.05, 0) is 54.2 Å². The summed E-state index contributed by atoms with van der Waals surface area (Å²) in [5, 5.41) is 10.6. The monoisotopic (exact) mass is 732 g/mol. The van der Waals surface area contributed by atoms with Gasteiger partial charge in [0.1, 0.15) is 0 Å². The minimum absolute atomic E-state index is 0.0275. The number of hydrogen-bond acceptors (Lipinski definition) is 4. The van der Waals surface area contributed by atoms with E-state index in [-0.39, 0.29) is 22.7 Å². The molecule has 0 spiro atoms. The van der Waals surface area contributed by atoms with Crippen molar-refractivity contribution in [1.82, 2.24) is 0 Å². The van der Waals surface area contributed by atoms with Crippen molar-refractivity contribution in [3.05, 3.63) is 106 Å². The molecule has 2 aliphatic heterocycles. The molecular weight excluding hydrogens is 681 g/mol. The largest absolute Gasteiger partial charge is 0.517 e. The molecule has 3 aliphatic rings. The van der Waals surface area contributed by atoms with Crippen molar-refractivity contribution >= 4 is 25.7 Å². The molecule has 0 amide bonds. The molecule has 2 heterocycles. The Morgan fingerprint density at radius 3 is 2.13 bits per heavy atom. The van der Waals surface area contributed by atoms with Gasteiger partial charge in [-0.25, -0.2) is 6.54 Å². The fourth-order valence-electron chi connectivity index (χ4n) is 7.55. The van der Waals surface area contributed by atoms with E-state index in [9.17, 15) is 10.1 Å². The molecule has 251 valence electrons. The van der Waals surface area contributed by atoms with Crippen LogP contribution in [0.5, 0.6) is 5.75 Å². The number of piperidine rings is 2. The zero-order chi connectivity index (χ0) is 33.8. The molecule has 3 aromatic rings. The van der Waals surface area contributed by atoms with Crippen LogP contribution in [0.25, 0.3) is 0 Å².